The SMILES string of the molecule is O=C(NCCCCc1cn(CCOCCOCCOCCOCCC(=O)Oc2c(F)c(F)c(F)c(F)c2F)nn1)Nc1ccc(O[C@@H]2O[C@H](CCP(=O)(O)O)[C@@H](O)[C@H](O)[C@@H]2O)cc1. The summed E-state index contributed by atoms with van der Waals surface area (Å²) in [6.07, 6.45) is -5.09. The van der Waals surface area contributed by atoms with Gasteiger partial charge in [-0.05, 0) is 49.9 Å². The molecule has 26 heteroatoms. The smallest absolute Gasteiger partial charge is 0.325 e. The summed E-state index contributed by atoms with van der Waals surface area (Å²) in [4.78, 5) is 42.3. The van der Waals surface area contributed by atoms with Crippen LogP contribution in [0.5, 0.6) is 11.5 Å². The quantitative estimate of drug-likeness (QED) is 0.0109. The molecule has 2 amide bonds. The van der Waals surface area contributed by atoms with Crippen molar-refractivity contribution in [2.75, 3.05) is 70.9 Å². The van der Waals surface area contributed by atoms with E-state index in [2.05, 4.69) is 25.7 Å². The second-order valence-corrected chi connectivity index (χ2v) is 15.5. The molecular formula is C37H49F5N5O15P. The number of hydrogen-bond donors (Lipinski definition) is 7. The van der Waals surface area contributed by atoms with Gasteiger partial charge in [0.1, 0.15) is 24.1 Å². The van der Waals surface area contributed by atoms with E-state index in [1.807, 2.05) is 0 Å². The molecule has 1 aliphatic heterocycles. The molecule has 0 spiro atoms. The van der Waals surface area contributed by atoms with Gasteiger partial charge in [-0.1, -0.05) is 5.21 Å². The second-order valence-electron chi connectivity index (χ2n) is 13.7. The van der Waals surface area contributed by atoms with E-state index in [0.29, 0.717) is 51.4 Å². The highest BCUT2D eigenvalue weighted by Gasteiger charge is 2.45. The number of carbonyl (C=O) groups is 2. The Labute approximate surface area is 356 Å². The molecule has 63 heavy (non-hydrogen) atoms. The number of hydrogen-bond acceptors (Lipinski definition) is 15. The number of urea groups is 1. The molecule has 5 atom stereocenters. The Bertz CT molecular complexity index is 1920. The van der Waals surface area contributed by atoms with Gasteiger partial charge in [-0.2, -0.15) is 8.78 Å². The van der Waals surface area contributed by atoms with Gasteiger partial charge in [0.2, 0.25) is 41.1 Å². The van der Waals surface area contributed by atoms with Gasteiger partial charge in [0.15, 0.2) is 0 Å². The first-order valence-electron chi connectivity index (χ1n) is 19.5. The summed E-state index contributed by atoms with van der Waals surface area (Å²) >= 11 is 0. The lowest BCUT2D eigenvalue weighted by Gasteiger charge is -2.40. The first-order valence-corrected chi connectivity index (χ1v) is 21.3. The molecule has 4 rings (SSSR count). The number of benzene rings is 2. The van der Waals surface area contributed by atoms with E-state index < -0.39 is 97.7 Å². The molecule has 1 fully saturated rings. The maximum absolute atomic E-state index is 13.6. The van der Waals surface area contributed by atoms with Crippen LogP contribution in [0.15, 0.2) is 30.5 Å². The van der Waals surface area contributed by atoms with E-state index in [1.165, 1.54) is 24.3 Å². The van der Waals surface area contributed by atoms with Gasteiger partial charge in [0, 0.05) is 18.4 Å². The molecule has 1 aromatic heterocycles. The second kappa shape index (κ2) is 25.8. The zero-order chi connectivity index (χ0) is 45.9. The number of aromatic nitrogens is 3. The third kappa shape index (κ3) is 17.2. The standard InChI is InChI=1S/C37H49F5N5O15P/c38-27-28(39)30(41)35(31(42)29(27)40)62-26(48)8-12-56-14-16-58-18-19-59-17-15-57-13-11-47-21-23(45-46-47)3-1-2-10-43-37(52)44-22-4-6-24(7-5-22)60-36-34(51)33(50)32(49)25(61-36)9-20-63(53,54)55/h4-7,21,25,32-34,36,49-51H,1-3,8-20H2,(H2,43,44,52)(H2,53,54,55)/t25-,32-,33+,34+,36-/m1/s1. The van der Waals surface area contributed by atoms with Gasteiger partial charge in [0.25, 0.3) is 0 Å². The van der Waals surface area contributed by atoms with E-state index in [9.17, 15) is 51.4 Å². The molecule has 0 saturated carbocycles. The summed E-state index contributed by atoms with van der Waals surface area (Å²) in [5, 5.41) is 44.3. The Balaban J connectivity index is 0.955. The fraction of sp³-hybridized carbons (Fsp3) is 0.568. The summed E-state index contributed by atoms with van der Waals surface area (Å²) in [6.45, 7) is 2.25. The number of nitrogens with one attached hydrogen (secondary N) is 2. The van der Waals surface area contributed by atoms with Crippen LogP contribution in [0, 0.1) is 29.1 Å². The largest absolute Gasteiger partial charge is 0.462 e. The van der Waals surface area contributed by atoms with Crippen molar-refractivity contribution < 1.29 is 94.4 Å². The number of nitrogens with zero attached hydrogens (tertiary/aromatic N) is 3. The summed E-state index contributed by atoms with van der Waals surface area (Å²) in [7, 11) is -4.39. The van der Waals surface area contributed by atoms with Crippen molar-refractivity contribution in [3.63, 3.8) is 0 Å². The fourth-order valence-electron chi connectivity index (χ4n) is 5.58. The van der Waals surface area contributed by atoms with Crippen molar-refractivity contribution in [2.45, 2.75) is 69.4 Å². The molecule has 20 nitrogen and oxygen atoms in total. The van der Waals surface area contributed by atoms with Crippen LogP contribution in [0.25, 0.3) is 0 Å². The van der Waals surface area contributed by atoms with Crippen molar-refractivity contribution in [1.82, 2.24) is 20.3 Å². The minimum atomic E-state index is -4.39. The molecular weight excluding hydrogens is 880 g/mol. The highest BCUT2D eigenvalue weighted by molar-refractivity contribution is 7.51. The monoisotopic (exact) mass is 929 g/mol. The van der Waals surface area contributed by atoms with E-state index in [1.54, 1.807) is 10.9 Å². The minimum Gasteiger partial charge on any atom is -0.462 e. The third-order valence-electron chi connectivity index (χ3n) is 8.89. The summed E-state index contributed by atoms with van der Waals surface area (Å²) in [6, 6.07) is 5.56. The average Bonchev–Trinajstić information content (AvgIpc) is 3.71. The van der Waals surface area contributed by atoms with E-state index in [4.69, 9.17) is 38.2 Å². The number of unbranched alkanes of at least 4 members (excludes halogenated alkanes) is 1. The number of amides is 2. The van der Waals surface area contributed by atoms with Gasteiger partial charge >= 0.3 is 19.6 Å². The predicted molar refractivity (Wildman–Crippen MR) is 205 cm³/mol. The number of esters is 1. The van der Waals surface area contributed by atoms with E-state index >= 15 is 0 Å². The molecule has 3 aromatic rings. The van der Waals surface area contributed by atoms with E-state index in [0.717, 1.165) is 12.1 Å². The molecule has 0 bridgehead atoms. The molecule has 2 aromatic carbocycles. The van der Waals surface area contributed by atoms with Crippen molar-refractivity contribution in [1.29, 1.82) is 0 Å². The normalized spacial score (nSPS) is 18.9. The van der Waals surface area contributed by atoms with Gasteiger partial charge < -0.3 is 68.9 Å². The molecule has 0 radical (unpaired) electrons. The number of anilines is 1. The Morgan fingerprint density at radius 2 is 1.37 bits per heavy atom. The Kier molecular flexibility index (Phi) is 21.0. The lowest BCUT2D eigenvalue weighted by atomic mass is 9.97. The lowest BCUT2D eigenvalue weighted by molar-refractivity contribution is -0.272. The van der Waals surface area contributed by atoms with Crippen molar-refractivity contribution >= 4 is 25.3 Å². The maximum Gasteiger partial charge on any atom is 0.325 e. The zero-order valence-corrected chi connectivity index (χ0v) is 34.5. The maximum atomic E-state index is 13.6. The minimum absolute atomic E-state index is 0.0458. The molecule has 1 saturated heterocycles. The number of aliphatic hydroxyl groups excluding tert-OH is 3. The fourth-order valence-corrected chi connectivity index (χ4v) is 6.18. The van der Waals surface area contributed by atoms with Crippen LogP contribution >= 0.6 is 7.60 Å². The summed E-state index contributed by atoms with van der Waals surface area (Å²) in [5.74, 6) is -14.1. The Morgan fingerprint density at radius 1 is 0.778 bits per heavy atom. The van der Waals surface area contributed by atoms with Gasteiger partial charge in [-0.25, -0.2) is 22.6 Å². The summed E-state index contributed by atoms with van der Waals surface area (Å²) < 4.78 is 116. The Morgan fingerprint density at radius 3 is 1.98 bits per heavy atom. The first-order chi connectivity index (χ1) is 30.0. The number of aryl methyl sites for hydroxylation is 1. The van der Waals surface area contributed by atoms with Crippen LogP contribution in [-0.4, -0.2) is 148 Å². The lowest BCUT2D eigenvalue weighted by Crippen LogP contribution is -2.59. The highest BCUT2D eigenvalue weighted by Crippen LogP contribution is 2.37. The Hall–Kier alpha value is -4.40. The van der Waals surface area contributed by atoms with Gasteiger partial charge in [0.05, 0.1) is 83.8 Å². The number of aliphatic hydroxyl groups is 3. The molecule has 0 aliphatic carbocycles. The van der Waals surface area contributed by atoms with E-state index in [-0.39, 0.29) is 45.2 Å². The number of rotatable bonds is 27. The molecule has 2 heterocycles. The number of ether oxygens (including phenoxy) is 7. The van der Waals surface area contributed by atoms with Crippen LogP contribution in [0.2, 0.25) is 0 Å². The molecule has 0 unspecified atom stereocenters. The van der Waals surface area contributed by atoms with Crippen LogP contribution in [0.1, 0.15) is 31.4 Å². The molecule has 1 aliphatic rings. The number of halogens is 5. The van der Waals surface area contributed by atoms with Crippen LogP contribution < -0.4 is 20.1 Å². The van der Waals surface area contributed by atoms with Crippen molar-refractivity contribution in [3.8, 4) is 11.5 Å². The van der Waals surface area contributed by atoms with Crippen molar-refractivity contribution in [3.05, 3.63) is 65.2 Å². The third-order valence-corrected chi connectivity index (χ3v) is 9.73. The van der Waals surface area contributed by atoms with Gasteiger partial charge in [-0.3, -0.25) is 9.36 Å². The van der Waals surface area contributed by atoms with Crippen molar-refractivity contribution in [2.24, 2.45) is 0 Å². The average molecular weight is 930 g/mol. The van der Waals surface area contributed by atoms with Crippen LogP contribution in [0.3, 0.4) is 0 Å². The highest BCUT2D eigenvalue weighted by atomic mass is 31.2. The molecule has 352 valence electrons. The summed E-state index contributed by atoms with van der Waals surface area (Å²) in [5.41, 5.74) is 1.20. The first kappa shape index (κ1) is 51.2. The zero-order valence-electron chi connectivity index (χ0n) is 33.6. The van der Waals surface area contributed by atoms with Crippen LogP contribution in [-0.2, 0) is 46.0 Å². The van der Waals surface area contributed by atoms with Gasteiger partial charge in [-0.15, -0.1) is 5.10 Å². The predicted octanol–water partition coefficient (Wildman–Crippen LogP) is 1.93. The van der Waals surface area contributed by atoms with Crippen LogP contribution in [0.4, 0.5) is 32.4 Å². The molecule has 7 N–H and O–H groups in total. The topological polar surface area (TPSA) is 272 Å². The number of carbonyl (C=O) groups excluding carboxylic acids is 2.